The zero-order valence-corrected chi connectivity index (χ0v) is 17.6. The summed E-state index contributed by atoms with van der Waals surface area (Å²) in [6, 6.07) is 0. The Hall–Kier alpha value is -3.25. The van der Waals surface area contributed by atoms with E-state index < -0.39 is 12.1 Å². The van der Waals surface area contributed by atoms with Crippen LogP contribution < -0.4 is 10.1 Å². The van der Waals surface area contributed by atoms with Crippen LogP contribution in [0.3, 0.4) is 0 Å². The molecule has 162 valence electrons. The van der Waals surface area contributed by atoms with Crippen LogP contribution in [0.2, 0.25) is 0 Å². The summed E-state index contributed by atoms with van der Waals surface area (Å²) in [6.07, 6.45) is 1.23. The molecule has 0 unspecified atom stereocenters. The van der Waals surface area contributed by atoms with Gasteiger partial charge in [0.15, 0.2) is 17.3 Å². The first-order chi connectivity index (χ1) is 14.9. The van der Waals surface area contributed by atoms with Gasteiger partial charge in [0.05, 0.1) is 24.5 Å². The van der Waals surface area contributed by atoms with Gasteiger partial charge < -0.3 is 24.4 Å². The Bertz CT molecular complexity index is 1190. The van der Waals surface area contributed by atoms with Gasteiger partial charge in [0.1, 0.15) is 5.00 Å². The summed E-state index contributed by atoms with van der Waals surface area (Å²) in [5, 5.41) is 20.6. The average molecular weight is 445 g/mol. The third-order valence-corrected chi connectivity index (χ3v) is 6.45. The van der Waals surface area contributed by atoms with E-state index in [1.165, 1.54) is 16.0 Å². The van der Waals surface area contributed by atoms with Crippen molar-refractivity contribution in [3.63, 3.8) is 0 Å². The zero-order chi connectivity index (χ0) is 21.7. The van der Waals surface area contributed by atoms with Gasteiger partial charge in [0, 0.05) is 17.8 Å². The molecule has 0 atom stereocenters. The van der Waals surface area contributed by atoms with Gasteiger partial charge in [-0.15, -0.1) is 11.3 Å². The van der Waals surface area contributed by atoms with Gasteiger partial charge in [-0.3, -0.25) is 9.48 Å². The predicted molar refractivity (Wildman–Crippen MR) is 107 cm³/mol. The van der Waals surface area contributed by atoms with Gasteiger partial charge in [0.25, 0.3) is 11.8 Å². The van der Waals surface area contributed by atoms with E-state index in [0.29, 0.717) is 53.5 Å². The van der Waals surface area contributed by atoms with Crippen molar-refractivity contribution >= 4 is 28.4 Å². The number of thiophene rings is 1. The number of carbonyl (C=O) groups excluding carboxylic acids is 1. The Morgan fingerprint density at radius 2 is 2.16 bits per heavy atom. The van der Waals surface area contributed by atoms with Crippen LogP contribution in [0.15, 0.2) is 4.52 Å². The normalized spacial score (nSPS) is 15.5. The van der Waals surface area contributed by atoms with Crippen molar-refractivity contribution in [2.75, 3.05) is 11.9 Å². The van der Waals surface area contributed by atoms with E-state index in [2.05, 4.69) is 20.6 Å². The Morgan fingerprint density at radius 1 is 1.35 bits per heavy atom. The smallest absolute Gasteiger partial charge is 0.449 e. The summed E-state index contributed by atoms with van der Waals surface area (Å²) < 4.78 is 17.3. The molecule has 3 aromatic heterocycles. The van der Waals surface area contributed by atoms with Gasteiger partial charge in [-0.2, -0.15) is 10.1 Å². The van der Waals surface area contributed by atoms with Crippen molar-refractivity contribution in [2.45, 2.75) is 38.7 Å². The van der Waals surface area contributed by atoms with Gasteiger partial charge >= 0.3 is 6.16 Å². The molecular weight excluding hydrogens is 426 g/mol. The topological polar surface area (TPSA) is 142 Å². The number of hydrogen-bond donors (Lipinski definition) is 2. The number of nitrogens with zero attached hydrogens (tertiary/aromatic N) is 4. The second-order valence-corrected chi connectivity index (χ2v) is 8.56. The molecule has 1 aliphatic carbocycles. The molecule has 0 spiro atoms. The van der Waals surface area contributed by atoms with Crippen molar-refractivity contribution in [1.82, 2.24) is 19.9 Å². The zero-order valence-electron chi connectivity index (χ0n) is 16.8. The van der Waals surface area contributed by atoms with Crippen molar-refractivity contribution < 1.29 is 28.7 Å². The highest BCUT2D eigenvalue weighted by Crippen LogP contribution is 2.44. The molecule has 0 aromatic carbocycles. The fraction of sp³-hybridized carbons (Fsp3) is 0.421. The average Bonchev–Trinajstić information content (AvgIpc) is 3.27. The van der Waals surface area contributed by atoms with Crippen molar-refractivity contribution in [2.24, 2.45) is 7.05 Å². The minimum Gasteiger partial charge on any atom is -0.449 e. The minimum atomic E-state index is -1.52. The van der Waals surface area contributed by atoms with Gasteiger partial charge in [-0.25, -0.2) is 4.79 Å². The van der Waals surface area contributed by atoms with Crippen LogP contribution in [0.25, 0.3) is 11.5 Å². The summed E-state index contributed by atoms with van der Waals surface area (Å²) in [6.45, 7) is 2.61. The molecule has 0 bridgehead atoms. The molecule has 2 N–H and O–H groups in total. The standard InChI is InChI=1S/C19H19N5O6S/c1-8-14(29-19(26)27)13(22-24(8)2)16(25)21-18-12(10-5-6-28-7-11(10)31-18)17-20-15(23-30-17)9-3-4-9/h9H,3-7H2,1-2H3,(H,21,25)(H,26,27). The molecule has 0 radical (unpaired) electrons. The first kappa shape index (κ1) is 19.7. The van der Waals surface area contributed by atoms with Crippen LogP contribution in [0, 0.1) is 6.92 Å². The van der Waals surface area contributed by atoms with E-state index in [-0.39, 0.29) is 11.4 Å². The van der Waals surface area contributed by atoms with E-state index >= 15 is 0 Å². The molecule has 12 heteroatoms. The SMILES string of the molecule is Cc1c(OC(=O)O)c(C(=O)Nc2sc3c(c2-c2nc(C4CC4)no2)CCOC3)nn1C. The highest BCUT2D eigenvalue weighted by atomic mass is 32.1. The summed E-state index contributed by atoms with van der Waals surface area (Å²) in [4.78, 5) is 29.6. The van der Waals surface area contributed by atoms with Gasteiger partial charge in [-0.05, 0) is 31.7 Å². The summed E-state index contributed by atoms with van der Waals surface area (Å²) in [5.74, 6) is 0.670. The quantitative estimate of drug-likeness (QED) is 0.566. The maximum atomic E-state index is 13.1. The number of aromatic nitrogens is 4. The molecule has 1 saturated carbocycles. The number of rotatable bonds is 5. The highest BCUT2D eigenvalue weighted by Gasteiger charge is 2.32. The summed E-state index contributed by atoms with van der Waals surface area (Å²) in [7, 11) is 1.60. The molecule has 2 aliphatic rings. The van der Waals surface area contributed by atoms with Crippen LogP contribution in [-0.2, 0) is 24.8 Å². The van der Waals surface area contributed by atoms with Crippen LogP contribution in [0.4, 0.5) is 9.80 Å². The minimum absolute atomic E-state index is 0.104. The van der Waals surface area contributed by atoms with Crippen LogP contribution in [-0.4, -0.2) is 43.7 Å². The van der Waals surface area contributed by atoms with Crippen molar-refractivity contribution in [3.05, 3.63) is 27.7 Å². The number of amides is 1. The van der Waals surface area contributed by atoms with E-state index in [1.54, 1.807) is 14.0 Å². The molecule has 5 rings (SSSR count). The maximum Gasteiger partial charge on any atom is 0.511 e. The lowest BCUT2D eigenvalue weighted by Crippen LogP contribution is -2.15. The first-order valence-electron chi connectivity index (χ1n) is 9.74. The van der Waals surface area contributed by atoms with Crippen LogP contribution in [0.1, 0.15) is 51.2 Å². The molecule has 1 fully saturated rings. The van der Waals surface area contributed by atoms with Crippen LogP contribution in [0.5, 0.6) is 5.75 Å². The number of anilines is 1. The maximum absolute atomic E-state index is 13.1. The third kappa shape index (κ3) is 3.57. The largest absolute Gasteiger partial charge is 0.511 e. The lowest BCUT2D eigenvalue weighted by Gasteiger charge is -2.12. The number of carboxylic acid groups (broad SMARTS) is 1. The van der Waals surface area contributed by atoms with Gasteiger partial charge in [0.2, 0.25) is 0 Å². The van der Waals surface area contributed by atoms with E-state index in [0.717, 1.165) is 23.3 Å². The van der Waals surface area contributed by atoms with Crippen molar-refractivity contribution in [1.29, 1.82) is 0 Å². The van der Waals surface area contributed by atoms with Crippen LogP contribution >= 0.6 is 11.3 Å². The van der Waals surface area contributed by atoms with E-state index in [9.17, 15) is 9.59 Å². The Balaban J connectivity index is 1.52. The lowest BCUT2D eigenvalue weighted by molar-refractivity contribution is 0.101. The molecule has 1 aliphatic heterocycles. The third-order valence-electron chi connectivity index (χ3n) is 5.33. The second kappa shape index (κ2) is 7.46. The number of hydrogen-bond acceptors (Lipinski definition) is 9. The summed E-state index contributed by atoms with van der Waals surface area (Å²) in [5.41, 5.74) is 1.99. The fourth-order valence-corrected chi connectivity index (χ4v) is 4.67. The molecule has 1 amide bonds. The Kier molecular flexibility index (Phi) is 4.74. The number of carbonyl (C=O) groups is 2. The molecule has 0 saturated heterocycles. The Morgan fingerprint density at radius 3 is 2.90 bits per heavy atom. The fourth-order valence-electron chi connectivity index (χ4n) is 3.50. The monoisotopic (exact) mass is 445 g/mol. The van der Waals surface area contributed by atoms with E-state index in [4.69, 9.17) is 19.1 Å². The predicted octanol–water partition coefficient (Wildman–Crippen LogP) is 3.10. The molecular formula is C19H19N5O6S. The first-order valence-corrected chi connectivity index (χ1v) is 10.6. The number of fused-ring (bicyclic) bond motifs is 1. The molecule has 3 aromatic rings. The van der Waals surface area contributed by atoms with Crippen molar-refractivity contribution in [3.8, 4) is 17.2 Å². The molecule has 31 heavy (non-hydrogen) atoms. The van der Waals surface area contributed by atoms with E-state index in [1.807, 2.05) is 0 Å². The summed E-state index contributed by atoms with van der Waals surface area (Å²) >= 11 is 1.37. The second-order valence-electron chi connectivity index (χ2n) is 7.45. The lowest BCUT2D eigenvalue weighted by atomic mass is 10.1. The highest BCUT2D eigenvalue weighted by molar-refractivity contribution is 7.17. The number of nitrogens with one attached hydrogen (secondary N) is 1. The number of ether oxygens (including phenoxy) is 2. The van der Waals surface area contributed by atoms with Gasteiger partial charge in [-0.1, -0.05) is 5.16 Å². The Labute approximate surface area is 180 Å². The number of aryl methyl sites for hydroxylation is 1. The molecule has 4 heterocycles. The molecule has 11 nitrogen and oxygen atoms in total.